The summed E-state index contributed by atoms with van der Waals surface area (Å²) in [5.74, 6) is 0. The Morgan fingerprint density at radius 3 is 2.76 bits per heavy atom. The van der Waals surface area contributed by atoms with Crippen LogP contribution in [0.1, 0.15) is 33.6 Å². The maximum atomic E-state index is 11.1. The van der Waals surface area contributed by atoms with Gasteiger partial charge in [-0.15, -0.1) is 0 Å². The number of hydrogen-bond acceptors (Lipinski definition) is 3. The van der Waals surface area contributed by atoms with Crippen molar-refractivity contribution in [2.75, 3.05) is 26.9 Å². The van der Waals surface area contributed by atoms with Crippen LogP contribution < -0.4 is 0 Å². The molecule has 1 aliphatic heterocycles. The van der Waals surface area contributed by atoms with Gasteiger partial charge >= 0.3 is 6.09 Å². The smallest absolute Gasteiger partial charge is 0.409 e. The van der Waals surface area contributed by atoms with Crippen molar-refractivity contribution >= 4 is 6.09 Å². The number of amides is 1. The summed E-state index contributed by atoms with van der Waals surface area (Å²) in [7, 11) is 1.68. The molecule has 1 rings (SSSR count). The van der Waals surface area contributed by atoms with Gasteiger partial charge in [-0.1, -0.05) is 13.8 Å². The minimum absolute atomic E-state index is 0.0356. The van der Waals surface area contributed by atoms with Crippen LogP contribution in [0, 0.1) is 5.41 Å². The number of ether oxygens (including phenoxy) is 2. The van der Waals surface area contributed by atoms with Crippen LogP contribution in [0.4, 0.5) is 4.79 Å². The number of hydrogen-bond donors (Lipinski definition) is 1. The molecule has 0 bridgehead atoms. The van der Waals surface area contributed by atoms with Crippen molar-refractivity contribution in [3.8, 4) is 0 Å². The van der Waals surface area contributed by atoms with Crippen molar-refractivity contribution in [3.63, 3.8) is 0 Å². The van der Waals surface area contributed by atoms with E-state index < -0.39 is 11.8 Å². The zero-order valence-corrected chi connectivity index (χ0v) is 11.2. The topological polar surface area (TPSA) is 59.0 Å². The van der Waals surface area contributed by atoms with Crippen LogP contribution in [0.3, 0.4) is 0 Å². The largest absolute Gasteiger partial charge is 0.465 e. The highest BCUT2D eigenvalue weighted by atomic mass is 16.5. The van der Waals surface area contributed by atoms with Gasteiger partial charge < -0.3 is 14.6 Å². The molecule has 1 N–H and O–H groups in total. The van der Waals surface area contributed by atoms with E-state index >= 15 is 0 Å². The van der Waals surface area contributed by atoms with Crippen LogP contribution in [-0.2, 0) is 9.47 Å². The van der Waals surface area contributed by atoms with Crippen molar-refractivity contribution in [2.24, 2.45) is 5.41 Å². The zero-order chi connectivity index (χ0) is 13.1. The van der Waals surface area contributed by atoms with E-state index in [1.807, 2.05) is 6.92 Å². The van der Waals surface area contributed by atoms with E-state index in [1.165, 1.54) is 4.90 Å². The summed E-state index contributed by atoms with van der Waals surface area (Å²) >= 11 is 0. The van der Waals surface area contributed by atoms with Gasteiger partial charge in [0.2, 0.25) is 0 Å². The van der Waals surface area contributed by atoms with Crippen molar-refractivity contribution in [3.05, 3.63) is 0 Å². The van der Waals surface area contributed by atoms with Gasteiger partial charge in [0.25, 0.3) is 0 Å². The van der Waals surface area contributed by atoms with Crippen molar-refractivity contribution in [1.29, 1.82) is 0 Å². The van der Waals surface area contributed by atoms with Gasteiger partial charge in [-0.05, 0) is 25.2 Å². The number of nitrogens with zero attached hydrogens (tertiary/aromatic N) is 1. The lowest BCUT2D eigenvalue weighted by Crippen LogP contribution is -2.46. The summed E-state index contributed by atoms with van der Waals surface area (Å²) in [5.41, 5.74) is -0.648. The quantitative estimate of drug-likeness (QED) is 0.806. The summed E-state index contributed by atoms with van der Waals surface area (Å²) in [5, 5.41) is 9.10. The van der Waals surface area contributed by atoms with Crippen LogP contribution in [-0.4, -0.2) is 48.7 Å². The second kappa shape index (κ2) is 5.23. The summed E-state index contributed by atoms with van der Waals surface area (Å²) < 4.78 is 10.8. The Kier molecular flexibility index (Phi) is 4.38. The van der Waals surface area contributed by atoms with Crippen molar-refractivity contribution in [1.82, 2.24) is 4.90 Å². The molecule has 1 aliphatic rings. The molecule has 0 radical (unpaired) electrons. The monoisotopic (exact) mass is 245 g/mol. The Balaban J connectivity index is 2.57. The van der Waals surface area contributed by atoms with Gasteiger partial charge in [0.15, 0.2) is 0 Å². The van der Waals surface area contributed by atoms with E-state index in [9.17, 15) is 4.79 Å². The molecule has 1 heterocycles. The minimum Gasteiger partial charge on any atom is -0.465 e. The Labute approximate surface area is 103 Å². The number of rotatable bonds is 5. The predicted molar refractivity (Wildman–Crippen MR) is 64.0 cm³/mol. The molecule has 0 aromatic heterocycles. The highest BCUT2D eigenvalue weighted by Gasteiger charge is 2.41. The van der Waals surface area contributed by atoms with Gasteiger partial charge in [-0.2, -0.15) is 0 Å². The van der Waals surface area contributed by atoms with E-state index in [2.05, 4.69) is 13.8 Å². The van der Waals surface area contributed by atoms with Gasteiger partial charge in [-0.25, -0.2) is 4.79 Å². The molecule has 0 saturated carbocycles. The molecule has 0 aliphatic carbocycles. The third-order valence-corrected chi connectivity index (χ3v) is 3.33. The highest BCUT2D eigenvalue weighted by Crippen LogP contribution is 2.33. The summed E-state index contributed by atoms with van der Waals surface area (Å²) in [6.45, 7) is 7.66. The molecule has 5 nitrogen and oxygen atoms in total. The normalized spacial score (nSPS) is 25.3. The molecular weight excluding hydrogens is 222 g/mol. The maximum Gasteiger partial charge on any atom is 0.409 e. The first-order chi connectivity index (χ1) is 7.81. The fraction of sp³-hybridized carbons (Fsp3) is 0.917. The molecule has 1 atom stereocenters. The number of methoxy groups -OCH3 is 1. The molecule has 0 spiro atoms. The molecule has 1 saturated heterocycles. The average Bonchev–Trinajstić information content (AvgIpc) is 2.58. The van der Waals surface area contributed by atoms with Crippen LogP contribution in [0.25, 0.3) is 0 Å². The minimum atomic E-state index is -0.908. The SMILES string of the molecule is COCC(C)(C)CCC1(C)OCCN1C(=O)O. The maximum absolute atomic E-state index is 11.1. The Bertz CT molecular complexity index is 280. The van der Waals surface area contributed by atoms with E-state index in [0.717, 1.165) is 6.42 Å². The van der Waals surface area contributed by atoms with Crippen molar-refractivity contribution in [2.45, 2.75) is 39.3 Å². The van der Waals surface area contributed by atoms with E-state index in [1.54, 1.807) is 7.11 Å². The predicted octanol–water partition coefficient (Wildman–Crippen LogP) is 2.17. The van der Waals surface area contributed by atoms with E-state index in [4.69, 9.17) is 14.6 Å². The molecule has 1 amide bonds. The average molecular weight is 245 g/mol. The summed E-state index contributed by atoms with van der Waals surface area (Å²) in [6.07, 6.45) is 0.645. The molecule has 0 aromatic rings. The Morgan fingerprint density at radius 1 is 1.59 bits per heavy atom. The second-order valence-corrected chi connectivity index (χ2v) is 5.55. The number of carboxylic acid groups (broad SMARTS) is 1. The highest BCUT2D eigenvalue weighted by molar-refractivity contribution is 5.66. The lowest BCUT2D eigenvalue weighted by atomic mass is 9.86. The summed E-state index contributed by atoms with van der Waals surface area (Å²) in [4.78, 5) is 12.5. The van der Waals surface area contributed by atoms with Crippen molar-refractivity contribution < 1.29 is 19.4 Å². The first-order valence-electron chi connectivity index (χ1n) is 5.94. The first-order valence-corrected chi connectivity index (χ1v) is 5.94. The molecule has 17 heavy (non-hydrogen) atoms. The van der Waals surface area contributed by atoms with Gasteiger partial charge in [-0.3, -0.25) is 4.90 Å². The zero-order valence-electron chi connectivity index (χ0n) is 11.2. The van der Waals surface area contributed by atoms with Gasteiger partial charge in [0, 0.05) is 7.11 Å². The van der Waals surface area contributed by atoms with E-state index in [0.29, 0.717) is 26.2 Å². The molecule has 100 valence electrons. The van der Waals surface area contributed by atoms with Crippen LogP contribution in [0.15, 0.2) is 0 Å². The van der Waals surface area contributed by atoms with E-state index in [-0.39, 0.29) is 5.41 Å². The van der Waals surface area contributed by atoms with Gasteiger partial charge in [0.05, 0.1) is 19.8 Å². The van der Waals surface area contributed by atoms with Crippen LogP contribution >= 0.6 is 0 Å². The van der Waals surface area contributed by atoms with Crippen LogP contribution in [0.2, 0.25) is 0 Å². The van der Waals surface area contributed by atoms with Gasteiger partial charge in [0.1, 0.15) is 5.72 Å². The molecule has 0 aromatic carbocycles. The lowest BCUT2D eigenvalue weighted by molar-refractivity contribution is -0.0706. The Morgan fingerprint density at radius 2 is 2.24 bits per heavy atom. The number of carbonyl (C=O) groups is 1. The van der Waals surface area contributed by atoms with Crippen LogP contribution in [0.5, 0.6) is 0 Å². The summed E-state index contributed by atoms with van der Waals surface area (Å²) in [6, 6.07) is 0. The molecule has 1 fully saturated rings. The third-order valence-electron chi connectivity index (χ3n) is 3.33. The standard InChI is InChI=1S/C12H23NO4/c1-11(2,9-16-4)5-6-12(3)13(10(14)15)7-8-17-12/h5-9H2,1-4H3,(H,14,15). The fourth-order valence-corrected chi connectivity index (χ4v) is 2.21. The molecule has 1 unspecified atom stereocenters. The Hall–Kier alpha value is -0.810. The lowest BCUT2D eigenvalue weighted by Gasteiger charge is -2.34. The molecule has 5 heteroatoms. The second-order valence-electron chi connectivity index (χ2n) is 5.55. The first kappa shape index (κ1) is 14.3. The third kappa shape index (κ3) is 3.57. The molecular formula is C12H23NO4. The fourth-order valence-electron chi connectivity index (χ4n) is 2.21.